The van der Waals surface area contributed by atoms with Gasteiger partial charge in [-0.2, -0.15) is 0 Å². The van der Waals surface area contributed by atoms with Crippen LogP contribution in [0.2, 0.25) is 0 Å². The zero-order valence-corrected chi connectivity index (χ0v) is 19.7. The zero-order valence-electron chi connectivity index (χ0n) is 19.7. The van der Waals surface area contributed by atoms with Crippen LogP contribution in [-0.4, -0.2) is 29.1 Å². The lowest BCUT2D eigenvalue weighted by atomic mass is 9.45. The molecule has 0 bridgehead atoms. The fourth-order valence-corrected chi connectivity index (χ4v) is 8.38. The number of carbonyl (C=O) groups excluding carboxylic acids is 2. The maximum atomic E-state index is 15.3. The van der Waals surface area contributed by atoms with Crippen molar-refractivity contribution in [3.8, 4) is 0 Å². The fourth-order valence-electron chi connectivity index (χ4n) is 8.38. The molecular formula is C26H39FO4. The van der Waals surface area contributed by atoms with Gasteiger partial charge in [0.2, 0.25) is 0 Å². The molecule has 9 atom stereocenters. The molecule has 5 heteroatoms. The van der Waals surface area contributed by atoms with Gasteiger partial charge in [-0.1, -0.05) is 41.0 Å². The van der Waals surface area contributed by atoms with Gasteiger partial charge in [0, 0.05) is 17.8 Å². The average Bonchev–Trinajstić information content (AvgIpc) is 2.95. The third kappa shape index (κ3) is 3.32. The van der Waals surface area contributed by atoms with Gasteiger partial charge in [0.15, 0.2) is 11.6 Å². The van der Waals surface area contributed by atoms with Gasteiger partial charge in [-0.15, -0.1) is 0 Å². The molecule has 4 nitrogen and oxygen atoms in total. The summed E-state index contributed by atoms with van der Waals surface area (Å²) in [4.78, 5) is 24.8. The quantitative estimate of drug-likeness (QED) is 0.604. The molecule has 0 amide bonds. The molecule has 0 aromatic heterocycles. The van der Waals surface area contributed by atoms with Crippen molar-refractivity contribution in [3.05, 3.63) is 11.4 Å². The number of hydrogen-bond acceptors (Lipinski definition) is 4. The Hall–Kier alpha value is -1.23. The SMILES string of the molecule is CCCC1C[C@@]2(C)C(=C(F)C1=O)CC[C@@H]1[C@@H]2[C@@H](O)C[C@]2(C)[C@H](OC(=O)CC)[C@H](C)C[C@@H]12. The first-order valence-corrected chi connectivity index (χ1v) is 12.4. The highest BCUT2D eigenvalue weighted by molar-refractivity contribution is 5.97. The number of halogens is 1. The van der Waals surface area contributed by atoms with Gasteiger partial charge < -0.3 is 9.84 Å². The Kier molecular flexibility index (Phi) is 5.90. The number of carbonyl (C=O) groups is 2. The molecule has 3 saturated carbocycles. The normalized spacial score (nSPS) is 46.9. The van der Waals surface area contributed by atoms with Crippen molar-refractivity contribution in [2.75, 3.05) is 0 Å². The van der Waals surface area contributed by atoms with Crippen LogP contribution in [-0.2, 0) is 14.3 Å². The number of ketones is 1. The van der Waals surface area contributed by atoms with E-state index in [9.17, 15) is 14.7 Å². The van der Waals surface area contributed by atoms with Crippen molar-refractivity contribution >= 4 is 11.8 Å². The van der Waals surface area contributed by atoms with Crippen LogP contribution >= 0.6 is 0 Å². The highest BCUT2D eigenvalue weighted by atomic mass is 19.1. The highest BCUT2D eigenvalue weighted by Gasteiger charge is 2.65. The number of esters is 1. The average molecular weight is 435 g/mol. The Morgan fingerprint density at radius 1 is 1.26 bits per heavy atom. The first-order valence-electron chi connectivity index (χ1n) is 12.4. The molecule has 0 aromatic carbocycles. The molecule has 0 radical (unpaired) electrons. The first kappa shape index (κ1) is 22.9. The van der Waals surface area contributed by atoms with Crippen molar-refractivity contribution < 1.29 is 23.8 Å². The second kappa shape index (κ2) is 7.97. The lowest BCUT2D eigenvalue weighted by Crippen LogP contribution is -2.58. The van der Waals surface area contributed by atoms with Crippen LogP contribution in [0.1, 0.15) is 86.0 Å². The van der Waals surface area contributed by atoms with E-state index < -0.39 is 17.3 Å². The van der Waals surface area contributed by atoms with Gasteiger partial charge in [-0.25, -0.2) is 4.39 Å². The summed E-state index contributed by atoms with van der Waals surface area (Å²) >= 11 is 0. The molecule has 0 heterocycles. The molecule has 0 aromatic rings. The summed E-state index contributed by atoms with van der Waals surface area (Å²) in [6, 6.07) is 0. The topological polar surface area (TPSA) is 63.6 Å². The van der Waals surface area contributed by atoms with Crippen molar-refractivity contribution in [3.63, 3.8) is 0 Å². The van der Waals surface area contributed by atoms with E-state index in [1.54, 1.807) is 0 Å². The van der Waals surface area contributed by atoms with Crippen LogP contribution < -0.4 is 0 Å². The van der Waals surface area contributed by atoms with E-state index >= 15 is 4.39 Å². The van der Waals surface area contributed by atoms with E-state index in [0.29, 0.717) is 43.6 Å². The van der Waals surface area contributed by atoms with Crippen molar-refractivity contribution in [1.82, 2.24) is 0 Å². The number of fused-ring (bicyclic) bond motifs is 5. The zero-order chi connectivity index (χ0) is 22.7. The monoisotopic (exact) mass is 434 g/mol. The maximum absolute atomic E-state index is 15.3. The fraction of sp³-hybridized carbons (Fsp3) is 0.846. The molecule has 4 aliphatic rings. The van der Waals surface area contributed by atoms with Crippen LogP contribution in [0.5, 0.6) is 0 Å². The molecule has 1 unspecified atom stereocenters. The number of allylic oxidation sites excluding steroid dienone is 1. The molecule has 0 saturated heterocycles. The summed E-state index contributed by atoms with van der Waals surface area (Å²) in [5, 5.41) is 11.5. The molecule has 4 aliphatic carbocycles. The Labute approximate surface area is 186 Å². The molecule has 1 N–H and O–H groups in total. The van der Waals surface area contributed by atoms with E-state index in [0.717, 1.165) is 19.3 Å². The van der Waals surface area contributed by atoms with Crippen LogP contribution in [0.3, 0.4) is 0 Å². The largest absolute Gasteiger partial charge is 0.461 e. The molecule has 0 spiro atoms. The summed E-state index contributed by atoms with van der Waals surface area (Å²) in [6.07, 6.45) is 4.75. The second-order valence-corrected chi connectivity index (χ2v) is 11.4. The van der Waals surface area contributed by atoms with Gasteiger partial charge >= 0.3 is 5.97 Å². The van der Waals surface area contributed by atoms with Gasteiger partial charge in [0.25, 0.3) is 0 Å². The Balaban J connectivity index is 1.70. The minimum absolute atomic E-state index is 0.0413. The Bertz CT molecular complexity index is 790. The number of hydrogen-bond donors (Lipinski definition) is 1. The lowest BCUT2D eigenvalue weighted by molar-refractivity contribution is -0.174. The minimum atomic E-state index is -0.581. The summed E-state index contributed by atoms with van der Waals surface area (Å²) < 4.78 is 21.2. The second-order valence-electron chi connectivity index (χ2n) is 11.4. The third-order valence-corrected chi connectivity index (χ3v) is 9.54. The van der Waals surface area contributed by atoms with E-state index in [1.807, 2.05) is 13.8 Å². The van der Waals surface area contributed by atoms with Crippen molar-refractivity contribution in [2.24, 2.45) is 40.4 Å². The third-order valence-electron chi connectivity index (χ3n) is 9.54. The van der Waals surface area contributed by atoms with Crippen LogP contribution in [0.4, 0.5) is 4.39 Å². The van der Waals surface area contributed by atoms with Crippen LogP contribution in [0, 0.1) is 40.4 Å². The summed E-state index contributed by atoms with van der Waals surface area (Å²) in [6.45, 7) is 10.3. The summed E-state index contributed by atoms with van der Waals surface area (Å²) in [5.41, 5.74) is -0.0641. The summed E-state index contributed by atoms with van der Waals surface area (Å²) in [5.74, 6) is -0.471. The molecule has 174 valence electrons. The Morgan fingerprint density at radius 2 is 1.97 bits per heavy atom. The number of rotatable bonds is 4. The van der Waals surface area contributed by atoms with E-state index in [-0.39, 0.29) is 46.9 Å². The molecule has 0 aliphatic heterocycles. The number of Topliss-reactive ketones (excluding diaryl/α,β-unsaturated/α-hetero) is 1. The van der Waals surface area contributed by atoms with E-state index in [4.69, 9.17) is 4.74 Å². The van der Waals surface area contributed by atoms with Crippen molar-refractivity contribution in [2.45, 2.75) is 98.2 Å². The smallest absolute Gasteiger partial charge is 0.305 e. The molecular weight excluding hydrogens is 395 g/mol. The first-order chi connectivity index (χ1) is 14.6. The molecule has 4 rings (SSSR count). The number of ether oxygens (including phenoxy) is 1. The van der Waals surface area contributed by atoms with Gasteiger partial charge in [-0.05, 0) is 73.2 Å². The van der Waals surface area contributed by atoms with E-state index in [2.05, 4.69) is 20.8 Å². The highest BCUT2D eigenvalue weighted by Crippen LogP contribution is 2.67. The van der Waals surface area contributed by atoms with E-state index in [1.165, 1.54) is 0 Å². The number of aliphatic hydroxyl groups excluding tert-OH is 1. The van der Waals surface area contributed by atoms with Gasteiger partial charge in [0.1, 0.15) is 6.10 Å². The predicted molar refractivity (Wildman–Crippen MR) is 117 cm³/mol. The van der Waals surface area contributed by atoms with Gasteiger partial charge in [0.05, 0.1) is 6.10 Å². The standard InChI is InChI=1S/C26H39FO4/c1-6-8-15-12-25(4)17(22(27)23(15)30)10-9-16-18-11-14(3)24(31-20(29)7-2)26(18,5)13-19(28)21(16)25/h14-16,18-19,21,24,28H,6-13H2,1-5H3/t14-,15?,16+,18+,19+,21-,24-,25+,26+/m1/s1. The summed E-state index contributed by atoms with van der Waals surface area (Å²) in [7, 11) is 0. The van der Waals surface area contributed by atoms with Crippen molar-refractivity contribution in [1.29, 1.82) is 0 Å². The van der Waals surface area contributed by atoms with Gasteiger partial charge in [-0.3, -0.25) is 9.59 Å². The molecule has 3 fully saturated rings. The van der Waals surface area contributed by atoms with Crippen LogP contribution in [0.25, 0.3) is 0 Å². The number of aliphatic hydroxyl groups is 1. The lowest BCUT2D eigenvalue weighted by Gasteiger charge is -2.60. The predicted octanol–water partition coefficient (Wildman–Crippen LogP) is 5.38. The Morgan fingerprint density at radius 3 is 2.61 bits per heavy atom. The van der Waals surface area contributed by atoms with Crippen LogP contribution in [0.15, 0.2) is 11.4 Å². The minimum Gasteiger partial charge on any atom is -0.461 e. The molecule has 31 heavy (non-hydrogen) atoms. The maximum Gasteiger partial charge on any atom is 0.305 e.